The monoisotopic (exact) mass is 416 g/mol. The van der Waals surface area contributed by atoms with Crippen LogP contribution in [0.3, 0.4) is 0 Å². The maximum Gasteiger partial charge on any atom is 0.303 e. The van der Waals surface area contributed by atoms with E-state index < -0.39 is 12.1 Å². The van der Waals surface area contributed by atoms with E-state index in [9.17, 15) is 19.5 Å². The average molecular weight is 417 g/mol. The molecular formula is C23H32N2O5. The van der Waals surface area contributed by atoms with Crippen LogP contribution in [0.1, 0.15) is 67.0 Å². The summed E-state index contributed by atoms with van der Waals surface area (Å²) in [6.45, 7) is 0.643. The summed E-state index contributed by atoms with van der Waals surface area (Å²) in [5, 5.41) is 19.2. The number of unbranched alkanes of at least 4 members (excludes halogenated alkanes) is 3. The smallest absolute Gasteiger partial charge is 0.303 e. The summed E-state index contributed by atoms with van der Waals surface area (Å²) >= 11 is 0. The van der Waals surface area contributed by atoms with Gasteiger partial charge in [0, 0.05) is 39.0 Å². The van der Waals surface area contributed by atoms with Crippen molar-refractivity contribution in [2.75, 3.05) is 20.6 Å². The van der Waals surface area contributed by atoms with Crippen molar-refractivity contribution in [3.63, 3.8) is 0 Å². The van der Waals surface area contributed by atoms with Crippen molar-refractivity contribution >= 4 is 17.8 Å². The Morgan fingerprint density at radius 2 is 1.97 bits per heavy atom. The molecule has 0 saturated carbocycles. The van der Waals surface area contributed by atoms with Gasteiger partial charge in [0.2, 0.25) is 5.91 Å². The molecule has 0 aromatic heterocycles. The Labute approximate surface area is 178 Å². The van der Waals surface area contributed by atoms with Crippen LogP contribution in [0.15, 0.2) is 36.4 Å². The second kappa shape index (κ2) is 11.5. The first kappa shape index (κ1) is 23.6. The second-order valence-electron chi connectivity index (χ2n) is 7.91. The van der Waals surface area contributed by atoms with Crippen LogP contribution in [0.25, 0.3) is 0 Å². The number of benzene rings is 1. The second-order valence-corrected chi connectivity index (χ2v) is 7.91. The molecule has 0 spiro atoms. The molecule has 7 nitrogen and oxygen atoms in total. The highest BCUT2D eigenvalue weighted by Gasteiger charge is 2.28. The van der Waals surface area contributed by atoms with Gasteiger partial charge in [-0.15, -0.1) is 0 Å². The van der Waals surface area contributed by atoms with Gasteiger partial charge < -0.3 is 20.0 Å². The zero-order valence-corrected chi connectivity index (χ0v) is 17.8. The van der Waals surface area contributed by atoms with E-state index >= 15 is 0 Å². The van der Waals surface area contributed by atoms with E-state index in [1.54, 1.807) is 44.4 Å². The number of likely N-dealkylation sites (tertiary alicyclic amines) is 1. The molecule has 1 aliphatic heterocycles. The molecule has 0 radical (unpaired) electrons. The molecule has 1 unspecified atom stereocenters. The van der Waals surface area contributed by atoms with Gasteiger partial charge in [-0.1, -0.05) is 37.1 Å². The van der Waals surface area contributed by atoms with Crippen LogP contribution >= 0.6 is 0 Å². The summed E-state index contributed by atoms with van der Waals surface area (Å²) in [4.78, 5) is 38.2. The van der Waals surface area contributed by atoms with Crippen LogP contribution < -0.4 is 0 Å². The normalized spacial score (nSPS) is 17.5. The van der Waals surface area contributed by atoms with E-state index in [4.69, 9.17) is 5.11 Å². The van der Waals surface area contributed by atoms with Gasteiger partial charge in [-0.2, -0.15) is 0 Å². The van der Waals surface area contributed by atoms with E-state index in [0.717, 1.165) is 25.7 Å². The molecule has 1 aliphatic rings. The van der Waals surface area contributed by atoms with Gasteiger partial charge in [0.25, 0.3) is 5.91 Å². The molecule has 1 aromatic carbocycles. The number of carbonyl (C=O) groups is 3. The van der Waals surface area contributed by atoms with Gasteiger partial charge in [0.05, 0.1) is 12.1 Å². The maximum atomic E-state index is 12.2. The number of amides is 2. The first-order chi connectivity index (χ1) is 14.3. The zero-order chi connectivity index (χ0) is 22.1. The van der Waals surface area contributed by atoms with E-state index in [-0.39, 0.29) is 24.3 Å². The molecule has 2 atom stereocenters. The Balaban J connectivity index is 1.90. The number of carboxylic acids is 1. The Morgan fingerprint density at radius 1 is 1.23 bits per heavy atom. The van der Waals surface area contributed by atoms with Crippen LogP contribution in [0, 0.1) is 0 Å². The van der Waals surface area contributed by atoms with E-state index in [2.05, 4.69) is 0 Å². The fourth-order valence-electron chi connectivity index (χ4n) is 3.62. The summed E-state index contributed by atoms with van der Waals surface area (Å²) < 4.78 is 0. The third-order valence-electron chi connectivity index (χ3n) is 5.31. The molecule has 2 amide bonds. The van der Waals surface area contributed by atoms with Crippen molar-refractivity contribution in [3.8, 4) is 0 Å². The first-order valence-corrected chi connectivity index (χ1v) is 10.5. The molecule has 0 aliphatic carbocycles. The fourth-order valence-corrected chi connectivity index (χ4v) is 3.62. The lowest BCUT2D eigenvalue weighted by molar-refractivity contribution is -0.137. The van der Waals surface area contributed by atoms with Crippen LogP contribution in [-0.2, 0) is 9.59 Å². The predicted octanol–water partition coefficient (Wildman–Crippen LogP) is 3.00. The van der Waals surface area contributed by atoms with Crippen molar-refractivity contribution in [1.29, 1.82) is 0 Å². The number of carboxylic acid groups (broad SMARTS) is 1. The van der Waals surface area contributed by atoms with Crippen molar-refractivity contribution < 1.29 is 24.6 Å². The number of hydrogen-bond acceptors (Lipinski definition) is 4. The third-order valence-corrected chi connectivity index (χ3v) is 5.31. The minimum atomic E-state index is -0.853. The number of aliphatic hydroxyl groups excluding tert-OH is 1. The van der Waals surface area contributed by atoms with E-state index in [1.807, 2.05) is 11.0 Å². The van der Waals surface area contributed by atoms with Crippen LogP contribution in [0.5, 0.6) is 0 Å². The lowest BCUT2D eigenvalue weighted by Gasteiger charge is -2.22. The topological polar surface area (TPSA) is 98.2 Å². The summed E-state index contributed by atoms with van der Waals surface area (Å²) in [6, 6.07) is 6.88. The summed E-state index contributed by atoms with van der Waals surface area (Å²) in [5.41, 5.74) is 1.15. The third kappa shape index (κ3) is 6.99. The summed E-state index contributed by atoms with van der Waals surface area (Å²) in [5.74, 6) is -0.780. The molecule has 164 valence electrons. The molecule has 2 N–H and O–H groups in total. The fraction of sp³-hybridized carbons (Fsp3) is 0.522. The molecule has 1 heterocycles. The van der Waals surface area contributed by atoms with Gasteiger partial charge >= 0.3 is 5.97 Å². The molecule has 2 rings (SSSR count). The standard InChI is InChI=1S/C23H32N2O5/c1-24(2)23(30)18-9-7-8-17(16-18)20(26)13-11-19-12-14-21(27)25(19)15-6-4-3-5-10-22(28)29/h7-9,11,13,16,19-20,26H,3-6,10,12,14-15H2,1-2H3,(H,28,29)/t19-,20?/m0/s1. The van der Waals surface area contributed by atoms with Crippen molar-refractivity contribution in [3.05, 3.63) is 47.5 Å². The molecule has 30 heavy (non-hydrogen) atoms. The number of aliphatic hydroxyl groups is 1. The molecule has 1 saturated heterocycles. The first-order valence-electron chi connectivity index (χ1n) is 10.5. The number of rotatable bonds is 11. The van der Waals surface area contributed by atoms with Gasteiger partial charge in [-0.05, 0) is 37.0 Å². The van der Waals surface area contributed by atoms with Crippen LogP contribution in [-0.4, -0.2) is 64.5 Å². The lowest BCUT2D eigenvalue weighted by atomic mass is 10.0. The highest BCUT2D eigenvalue weighted by atomic mass is 16.4. The van der Waals surface area contributed by atoms with Crippen molar-refractivity contribution in [2.45, 2.75) is 57.1 Å². The molecule has 1 fully saturated rings. The molecular weight excluding hydrogens is 384 g/mol. The van der Waals surface area contributed by atoms with Gasteiger partial charge in [-0.3, -0.25) is 14.4 Å². The SMILES string of the molecule is CN(C)C(=O)c1cccc(C(O)C=C[C@H]2CCC(=O)N2CCCCCCC(=O)O)c1. The Kier molecular flexibility index (Phi) is 9.05. The van der Waals surface area contributed by atoms with Gasteiger partial charge in [0.1, 0.15) is 0 Å². The van der Waals surface area contributed by atoms with Crippen LogP contribution in [0.4, 0.5) is 0 Å². The Morgan fingerprint density at radius 3 is 2.67 bits per heavy atom. The maximum absolute atomic E-state index is 12.2. The molecule has 7 heteroatoms. The van der Waals surface area contributed by atoms with Gasteiger partial charge in [0.15, 0.2) is 0 Å². The largest absolute Gasteiger partial charge is 0.481 e. The predicted molar refractivity (Wildman–Crippen MR) is 114 cm³/mol. The molecule has 1 aromatic rings. The zero-order valence-electron chi connectivity index (χ0n) is 17.8. The minimum Gasteiger partial charge on any atom is -0.481 e. The van der Waals surface area contributed by atoms with Crippen molar-refractivity contribution in [2.24, 2.45) is 0 Å². The lowest BCUT2D eigenvalue weighted by Crippen LogP contribution is -2.32. The Bertz CT molecular complexity index is 775. The van der Waals surface area contributed by atoms with Gasteiger partial charge in [-0.25, -0.2) is 0 Å². The summed E-state index contributed by atoms with van der Waals surface area (Å²) in [7, 11) is 3.37. The number of hydrogen-bond donors (Lipinski definition) is 2. The number of nitrogens with zero attached hydrogens (tertiary/aromatic N) is 2. The number of carbonyl (C=O) groups excluding carboxylic acids is 2. The average Bonchev–Trinajstić information content (AvgIpc) is 3.07. The minimum absolute atomic E-state index is 0.0437. The Hall–Kier alpha value is -2.67. The quantitative estimate of drug-likeness (QED) is 0.427. The number of aliphatic carboxylic acids is 1. The van der Waals surface area contributed by atoms with E-state index in [0.29, 0.717) is 30.5 Å². The van der Waals surface area contributed by atoms with Crippen LogP contribution in [0.2, 0.25) is 0 Å². The highest BCUT2D eigenvalue weighted by molar-refractivity contribution is 5.94. The molecule has 0 bridgehead atoms. The van der Waals surface area contributed by atoms with E-state index in [1.165, 1.54) is 4.90 Å². The summed E-state index contributed by atoms with van der Waals surface area (Å²) in [6.07, 6.45) is 7.35. The van der Waals surface area contributed by atoms with Crippen molar-refractivity contribution in [1.82, 2.24) is 9.80 Å². The highest BCUT2D eigenvalue weighted by Crippen LogP contribution is 2.23.